The summed E-state index contributed by atoms with van der Waals surface area (Å²) in [4.78, 5) is 33.7. The topological polar surface area (TPSA) is 111 Å². The molecule has 2 heterocycles. The molecule has 0 unspecified atom stereocenters. The third-order valence-electron chi connectivity index (χ3n) is 2.94. The van der Waals surface area contributed by atoms with E-state index in [-0.39, 0.29) is 16.6 Å². The van der Waals surface area contributed by atoms with E-state index in [2.05, 4.69) is 15.0 Å². The maximum atomic E-state index is 13.2. The lowest BCUT2D eigenvalue weighted by atomic mass is 10.3. The third kappa shape index (κ3) is 5.01. The minimum atomic E-state index is -4.78. The lowest BCUT2D eigenvalue weighted by Gasteiger charge is -2.23. The number of aromatic nitrogens is 3. The van der Waals surface area contributed by atoms with Crippen molar-refractivity contribution in [1.29, 1.82) is 0 Å². The van der Waals surface area contributed by atoms with Crippen LogP contribution in [-0.2, 0) is 4.74 Å². The van der Waals surface area contributed by atoms with Gasteiger partial charge in [0, 0.05) is 0 Å². The summed E-state index contributed by atoms with van der Waals surface area (Å²) in [6.07, 6.45) is -4.10. The largest absolute Gasteiger partial charge is 0.461 e. The highest BCUT2D eigenvalue weighted by atomic mass is 35.5. The van der Waals surface area contributed by atoms with Gasteiger partial charge < -0.3 is 9.64 Å². The monoisotopic (exact) mass is 425 g/mol. The van der Waals surface area contributed by atoms with Gasteiger partial charge in [-0.15, -0.1) is 11.3 Å². The summed E-state index contributed by atoms with van der Waals surface area (Å²) in [5, 5.41) is 10.7. The van der Waals surface area contributed by atoms with Gasteiger partial charge in [0.2, 0.25) is 11.1 Å². The number of nitrogens with zero attached hydrogens (tertiary/aromatic N) is 5. The van der Waals surface area contributed by atoms with Crippen LogP contribution in [0, 0.1) is 17.0 Å². The zero-order valence-electron chi connectivity index (χ0n) is 13.8. The van der Waals surface area contributed by atoms with Crippen LogP contribution in [0.4, 0.5) is 29.7 Å². The van der Waals surface area contributed by atoms with E-state index in [4.69, 9.17) is 16.3 Å². The Morgan fingerprint density at radius 1 is 1.44 bits per heavy atom. The van der Waals surface area contributed by atoms with Crippen LogP contribution >= 0.6 is 22.9 Å². The van der Waals surface area contributed by atoms with Gasteiger partial charge in [0.15, 0.2) is 5.69 Å². The molecule has 0 spiro atoms. The Morgan fingerprint density at radius 2 is 2.11 bits per heavy atom. The molecule has 9 nitrogen and oxygen atoms in total. The van der Waals surface area contributed by atoms with Gasteiger partial charge in [-0.1, -0.05) is 0 Å². The van der Waals surface area contributed by atoms with Crippen LogP contribution in [0.3, 0.4) is 0 Å². The number of aryl methyl sites for hydroxylation is 1. The molecule has 0 saturated carbocycles. The standard InChI is InChI=1S/C13H11ClF3N5O4S/c1-3-26-11(23)8-10(27-6(2)19-8)21(5-13(15,16)17)9-7(22(24)25)4-18-12(14)20-9/h4H,3,5H2,1-2H3. The lowest BCUT2D eigenvalue weighted by Crippen LogP contribution is -2.32. The van der Waals surface area contributed by atoms with E-state index in [1.165, 1.54) is 13.8 Å². The van der Waals surface area contributed by atoms with E-state index in [9.17, 15) is 28.1 Å². The van der Waals surface area contributed by atoms with Crippen molar-refractivity contribution >= 4 is 45.4 Å². The molecule has 0 fully saturated rings. The van der Waals surface area contributed by atoms with E-state index in [1.54, 1.807) is 0 Å². The quantitative estimate of drug-likeness (QED) is 0.298. The Bertz CT molecular complexity index is 876. The maximum Gasteiger partial charge on any atom is 0.406 e. The molecule has 146 valence electrons. The minimum Gasteiger partial charge on any atom is -0.461 e. The molecule has 14 heteroatoms. The predicted molar refractivity (Wildman–Crippen MR) is 89.6 cm³/mol. The van der Waals surface area contributed by atoms with Gasteiger partial charge in [0.25, 0.3) is 0 Å². The van der Waals surface area contributed by atoms with Crippen LogP contribution in [0.1, 0.15) is 22.4 Å². The molecule has 0 amide bonds. The molecule has 0 radical (unpaired) electrons. The Hall–Kier alpha value is -2.54. The summed E-state index contributed by atoms with van der Waals surface area (Å²) in [5.41, 5.74) is -1.22. The molecule has 0 aliphatic heterocycles. The average molecular weight is 426 g/mol. The molecular weight excluding hydrogens is 415 g/mol. The second kappa shape index (κ2) is 8.00. The van der Waals surface area contributed by atoms with Gasteiger partial charge in [0.1, 0.15) is 17.7 Å². The number of hydrogen-bond acceptors (Lipinski definition) is 9. The molecule has 27 heavy (non-hydrogen) atoms. The first-order valence-corrected chi connectivity index (χ1v) is 8.38. The van der Waals surface area contributed by atoms with Gasteiger partial charge in [-0.2, -0.15) is 18.2 Å². The van der Waals surface area contributed by atoms with Gasteiger partial charge in [0.05, 0.1) is 16.5 Å². The number of carbonyl (C=O) groups is 1. The van der Waals surface area contributed by atoms with Crippen molar-refractivity contribution in [3.8, 4) is 0 Å². The number of alkyl halides is 3. The highest BCUT2D eigenvalue weighted by Crippen LogP contribution is 2.39. The zero-order valence-corrected chi connectivity index (χ0v) is 15.4. The van der Waals surface area contributed by atoms with Crippen LogP contribution in [-0.4, -0.2) is 45.2 Å². The fraction of sp³-hybridized carbons (Fsp3) is 0.385. The fourth-order valence-electron chi connectivity index (χ4n) is 2.03. The van der Waals surface area contributed by atoms with Crippen molar-refractivity contribution in [3.63, 3.8) is 0 Å². The molecule has 0 aromatic carbocycles. The van der Waals surface area contributed by atoms with Crippen LogP contribution < -0.4 is 4.90 Å². The molecule has 0 N–H and O–H groups in total. The van der Waals surface area contributed by atoms with E-state index >= 15 is 0 Å². The first-order chi connectivity index (χ1) is 12.5. The lowest BCUT2D eigenvalue weighted by molar-refractivity contribution is -0.384. The van der Waals surface area contributed by atoms with Crippen molar-refractivity contribution in [2.75, 3.05) is 18.1 Å². The molecule has 0 bridgehead atoms. The van der Waals surface area contributed by atoms with Crippen molar-refractivity contribution in [1.82, 2.24) is 15.0 Å². The predicted octanol–water partition coefficient (Wildman–Crippen LogP) is 3.68. The van der Waals surface area contributed by atoms with Gasteiger partial charge in [-0.25, -0.2) is 14.8 Å². The minimum absolute atomic E-state index is 0.0341. The van der Waals surface area contributed by atoms with Gasteiger partial charge >= 0.3 is 17.8 Å². The fourth-order valence-corrected chi connectivity index (χ4v) is 3.06. The number of nitro groups is 1. The number of carbonyl (C=O) groups excluding carboxylic acids is 1. The molecule has 2 rings (SSSR count). The van der Waals surface area contributed by atoms with E-state index < -0.39 is 46.1 Å². The normalized spacial score (nSPS) is 11.3. The molecule has 2 aromatic heterocycles. The van der Waals surface area contributed by atoms with Crippen molar-refractivity contribution in [3.05, 3.63) is 32.3 Å². The number of rotatable bonds is 6. The number of thiazole rings is 1. The first-order valence-electron chi connectivity index (χ1n) is 7.19. The Labute approximate surface area is 158 Å². The van der Waals surface area contributed by atoms with Crippen molar-refractivity contribution in [2.45, 2.75) is 20.0 Å². The molecule has 0 saturated heterocycles. The number of hydrogen-bond donors (Lipinski definition) is 0. The van der Waals surface area contributed by atoms with Crippen LogP contribution in [0.2, 0.25) is 5.28 Å². The molecule has 0 atom stereocenters. The highest BCUT2D eigenvalue weighted by molar-refractivity contribution is 7.16. The summed E-state index contributed by atoms with van der Waals surface area (Å²) in [7, 11) is 0. The Balaban J connectivity index is 2.70. The molecule has 0 aliphatic carbocycles. The third-order valence-corrected chi connectivity index (χ3v) is 4.12. The molecule has 0 aliphatic rings. The van der Waals surface area contributed by atoms with Crippen LogP contribution in [0.25, 0.3) is 0 Å². The summed E-state index contributed by atoms with van der Waals surface area (Å²) >= 11 is 6.35. The van der Waals surface area contributed by atoms with E-state index in [0.29, 0.717) is 11.1 Å². The number of esters is 1. The maximum absolute atomic E-state index is 13.2. The Kier molecular flexibility index (Phi) is 6.15. The molecule has 2 aromatic rings. The highest BCUT2D eigenvalue weighted by Gasteiger charge is 2.38. The van der Waals surface area contributed by atoms with Gasteiger partial charge in [-0.3, -0.25) is 10.1 Å². The first kappa shape index (κ1) is 20.8. The smallest absolute Gasteiger partial charge is 0.406 e. The molecular formula is C13H11ClF3N5O4S. The number of anilines is 2. The van der Waals surface area contributed by atoms with Gasteiger partial charge in [-0.05, 0) is 25.4 Å². The number of ether oxygens (including phenoxy) is 1. The summed E-state index contributed by atoms with van der Waals surface area (Å²) in [5.74, 6) is -1.68. The van der Waals surface area contributed by atoms with E-state index in [0.717, 1.165) is 11.3 Å². The SMILES string of the molecule is CCOC(=O)c1nc(C)sc1N(CC(F)(F)F)c1nc(Cl)ncc1[N+](=O)[O-]. The summed E-state index contributed by atoms with van der Waals surface area (Å²) < 4.78 is 44.3. The average Bonchev–Trinajstić information content (AvgIpc) is 2.93. The second-order valence-corrected chi connectivity index (χ2v) is 6.43. The Morgan fingerprint density at radius 3 is 2.67 bits per heavy atom. The summed E-state index contributed by atoms with van der Waals surface area (Å²) in [6.45, 7) is 1.27. The van der Waals surface area contributed by atoms with Crippen molar-refractivity contribution in [2.24, 2.45) is 0 Å². The van der Waals surface area contributed by atoms with E-state index in [1.807, 2.05) is 0 Å². The van der Waals surface area contributed by atoms with Crippen LogP contribution in [0.5, 0.6) is 0 Å². The summed E-state index contributed by atoms with van der Waals surface area (Å²) in [6, 6.07) is 0. The zero-order chi connectivity index (χ0) is 20.4. The van der Waals surface area contributed by atoms with Crippen molar-refractivity contribution < 1.29 is 27.6 Å². The van der Waals surface area contributed by atoms with Crippen LogP contribution in [0.15, 0.2) is 6.20 Å². The second-order valence-electron chi connectivity index (χ2n) is 4.91. The number of halogens is 4.